The molecule has 13 heavy (non-hydrogen) atoms. The lowest BCUT2D eigenvalue weighted by Gasteiger charge is -2.05. The average molecular weight is 185 g/mol. The number of aromatic nitrogens is 4. The molecule has 1 heterocycles. The first-order chi connectivity index (χ1) is 6.16. The molecule has 0 saturated heterocycles. The number of hydrogen-bond acceptors (Lipinski definition) is 4. The van der Waals surface area contributed by atoms with E-state index in [0.29, 0.717) is 0 Å². The van der Waals surface area contributed by atoms with Gasteiger partial charge in [0.05, 0.1) is 0 Å². The monoisotopic (exact) mass is 185 g/mol. The van der Waals surface area contributed by atoms with Crippen molar-refractivity contribution in [3.8, 4) is 0 Å². The van der Waals surface area contributed by atoms with E-state index in [1.165, 1.54) is 19.4 Å². The molecule has 0 saturated carbocycles. The van der Waals surface area contributed by atoms with Crippen LogP contribution in [0.1, 0.15) is 25.6 Å². The van der Waals surface area contributed by atoms with Crippen molar-refractivity contribution >= 4 is 0 Å². The lowest BCUT2D eigenvalue weighted by Crippen LogP contribution is -2.12. The molecule has 0 atom stereocenters. The van der Waals surface area contributed by atoms with Gasteiger partial charge in [-0.2, -0.15) is 0 Å². The van der Waals surface area contributed by atoms with Gasteiger partial charge in [-0.3, -0.25) is 0 Å². The minimum absolute atomic E-state index is 0.745. The van der Waals surface area contributed by atoms with Crippen molar-refractivity contribution in [2.75, 3.05) is 20.6 Å². The Kier molecular flexibility index (Phi) is 7.10. The third-order valence-electron chi connectivity index (χ3n) is 1.41. The lowest BCUT2D eigenvalue weighted by atomic mass is 10.3. The van der Waals surface area contributed by atoms with Gasteiger partial charge in [-0.15, -0.1) is 5.10 Å². The SMILES string of the molecule is CCCCN(C)C.Cc1nnn[nH]1. The summed E-state index contributed by atoms with van der Waals surface area (Å²) in [6, 6.07) is 0. The summed E-state index contributed by atoms with van der Waals surface area (Å²) in [7, 11) is 4.21. The summed E-state index contributed by atoms with van der Waals surface area (Å²) in [4.78, 5) is 2.21. The van der Waals surface area contributed by atoms with Crippen LogP contribution in [0, 0.1) is 6.92 Å². The maximum Gasteiger partial charge on any atom is 0.145 e. The quantitative estimate of drug-likeness (QED) is 0.758. The smallest absolute Gasteiger partial charge is 0.145 e. The second kappa shape index (κ2) is 7.67. The van der Waals surface area contributed by atoms with Crippen LogP contribution in [0.5, 0.6) is 0 Å². The zero-order chi connectivity index (χ0) is 10.1. The molecular formula is C8H19N5. The maximum absolute atomic E-state index is 3.50. The molecule has 0 aliphatic heterocycles. The molecule has 0 spiro atoms. The van der Waals surface area contributed by atoms with E-state index < -0.39 is 0 Å². The van der Waals surface area contributed by atoms with Gasteiger partial charge in [0.1, 0.15) is 5.82 Å². The molecule has 0 bridgehead atoms. The predicted molar refractivity (Wildman–Crippen MR) is 52.4 cm³/mol. The summed E-state index contributed by atoms with van der Waals surface area (Å²) in [6.07, 6.45) is 2.63. The first-order valence-corrected chi connectivity index (χ1v) is 4.51. The van der Waals surface area contributed by atoms with Crippen molar-refractivity contribution in [3.63, 3.8) is 0 Å². The fourth-order valence-electron chi connectivity index (χ4n) is 0.681. The molecule has 0 unspecified atom stereocenters. The highest BCUT2D eigenvalue weighted by atomic mass is 15.5. The standard InChI is InChI=1S/C6H15N.C2H4N4/c1-4-5-6-7(2)3;1-2-3-5-6-4-2/h4-6H2,1-3H3;1H3,(H,3,4,5,6). The van der Waals surface area contributed by atoms with Crippen LogP contribution >= 0.6 is 0 Å². The molecule has 0 aliphatic carbocycles. The molecule has 0 fully saturated rings. The minimum atomic E-state index is 0.745. The second-order valence-electron chi connectivity index (χ2n) is 3.14. The number of aromatic amines is 1. The number of aryl methyl sites for hydroxylation is 1. The van der Waals surface area contributed by atoms with E-state index in [1.54, 1.807) is 6.92 Å². The van der Waals surface area contributed by atoms with E-state index >= 15 is 0 Å². The summed E-state index contributed by atoms with van der Waals surface area (Å²) < 4.78 is 0. The molecule has 5 nitrogen and oxygen atoms in total. The van der Waals surface area contributed by atoms with Crippen LogP contribution in [0.25, 0.3) is 0 Å². The van der Waals surface area contributed by atoms with Gasteiger partial charge < -0.3 is 4.90 Å². The van der Waals surface area contributed by atoms with Crippen molar-refractivity contribution in [1.82, 2.24) is 25.5 Å². The molecule has 1 aromatic heterocycles. The molecule has 5 heteroatoms. The fourth-order valence-corrected chi connectivity index (χ4v) is 0.681. The van der Waals surface area contributed by atoms with Gasteiger partial charge >= 0.3 is 0 Å². The van der Waals surface area contributed by atoms with E-state index in [1.807, 2.05) is 0 Å². The maximum atomic E-state index is 3.50. The Morgan fingerprint density at radius 1 is 1.38 bits per heavy atom. The lowest BCUT2D eigenvalue weighted by molar-refractivity contribution is 0.398. The van der Waals surface area contributed by atoms with Gasteiger partial charge in [-0.25, -0.2) is 5.10 Å². The number of rotatable bonds is 3. The molecule has 1 rings (SSSR count). The molecule has 0 aliphatic rings. The van der Waals surface area contributed by atoms with E-state index in [4.69, 9.17) is 0 Å². The van der Waals surface area contributed by atoms with Crippen LogP contribution in [0.2, 0.25) is 0 Å². The molecule has 1 N–H and O–H groups in total. The molecule has 0 amide bonds. The molecule has 0 radical (unpaired) electrons. The van der Waals surface area contributed by atoms with Crippen LogP contribution < -0.4 is 0 Å². The minimum Gasteiger partial charge on any atom is -0.309 e. The second-order valence-corrected chi connectivity index (χ2v) is 3.14. The van der Waals surface area contributed by atoms with Crippen molar-refractivity contribution < 1.29 is 0 Å². The number of tetrazole rings is 1. The zero-order valence-electron chi connectivity index (χ0n) is 8.91. The number of hydrogen-bond donors (Lipinski definition) is 1. The van der Waals surface area contributed by atoms with Crippen molar-refractivity contribution in [2.45, 2.75) is 26.7 Å². The van der Waals surface area contributed by atoms with Crippen LogP contribution in [-0.2, 0) is 0 Å². The fraction of sp³-hybridized carbons (Fsp3) is 0.875. The Bertz CT molecular complexity index is 182. The Balaban J connectivity index is 0.000000223. The summed E-state index contributed by atoms with van der Waals surface area (Å²) in [6.45, 7) is 5.24. The summed E-state index contributed by atoms with van der Waals surface area (Å²) in [5, 5.41) is 12.6. The van der Waals surface area contributed by atoms with Gasteiger partial charge in [0.15, 0.2) is 0 Å². The van der Waals surface area contributed by atoms with Crippen LogP contribution in [-0.4, -0.2) is 46.2 Å². The van der Waals surface area contributed by atoms with Gasteiger partial charge in [-0.05, 0) is 44.4 Å². The Hall–Kier alpha value is -0.970. The third kappa shape index (κ3) is 8.94. The third-order valence-corrected chi connectivity index (χ3v) is 1.41. The zero-order valence-corrected chi connectivity index (χ0v) is 8.91. The van der Waals surface area contributed by atoms with E-state index in [-0.39, 0.29) is 0 Å². The van der Waals surface area contributed by atoms with Crippen LogP contribution in [0.3, 0.4) is 0 Å². The van der Waals surface area contributed by atoms with Gasteiger partial charge in [0.25, 0.3) is 0 Å². The average Bonchev–Trinajstić information content (AvgIpc) is 2.53. The Morgan fingerprint density at radius 2 is 2.08 bits per heavy atom. The van der Waals surface area contributed by atoms with Crippen molar-refractivity contribution in [3.05, 3.63) is 5.82 Å². The van der Waals surface area contributed by atoms with Crippen LogP contribution in [0.15, 0.2) is 0 Å². The van der Waals surface area contributed by atoms with Crippen molar-refractivity contribution in [2.24, 2.45) is 0 Å². The predicted octanol–water partition coefficient (Wildman–Crippen LogP) is 0.856. The summed E-state index contributed by atoms with van der Waals surface area (Å²) >= 11 is 0. The van der Waals surface area contributed by atoms with Crippen LogP contribution in [0.4, 0.5) is 0 Å². The number of unbranched alkanes of at least 4 members (excludes halogenated alkanes) is 1. The van der Waals surface area contributed by atoms with Gasteiger partial charge in [-0.1, -0.05) is 13.3 Å². The summed E-state index contributed by atoms with van der Waals surface area (Å²) in [5.74, 6) is 0.745. The molecule has 0 aromatic carbocycles. The largest absolute Gasteiger partial charge is 0.309 e. The first kappa shape index (κ1) is 12.0. The molecule has 76 valence electrons. The topological polar surface area (TPSA) is 57.7 Å². The number of H-pyrrole nitrogens is 1. The van der Waals surface area contributed by atoms with E-state index in [0.717, 1.165) is 5.82 Å². The van der Waals surface area contributed by atoms with Crippen molar-refractivity contribution in [1.29, 1.82) is 0 Å². The van der Waals surface area contributed by atoms with E-state index in [9.17, 15) is 0 Å². The highest BCUT2D eigenvalue weighted by Crippen LogP contribution is 1.86. The molecule has 1 aromatic rings. The first-order valence-electron chi connectivity index (χ1n) is 4.51. The highest BCUT2D eigenvalue weighted by Gasteiger charge is 1.83. The van der Waals surface area contributed by atoms with E-state index in [2.05, 4.69) is 46.5 Å². The number of nitrogens with zero attached hydrogens (tertiary/aromatic N) is 4. The summed E-state index contributed by atoms with van der Waals surface area (Å²) in [5.41, 5.74) is 0. The highest BCUT2D eigenvalue weighted by molar-refractivity contribution is 4.63. The van der Waals surface area contributed by atoms with Gasteiger partial charge in [0.2, 0.25) is 0 Å². The number of nitrogens with one attached hydrogen (secondary N) is 1. The Morgan fingerprint density at radius 3 is 2.23 bits per heavy atom. The normalized spacial score (nSPS) is 9.62. The van der Waals surface area contributed by atoms with Gasteiger partial charge in [0, 0.05) is 0 Å². The molecular weight excluding hydrogens is 166 g/mol. The Labute approximate surface area is 79.5 Å².